The average Bonchev–Trinajstić information content (AvgIpc) is 2.27. The van der Waals surface area contributed by atoms with Crippen molar-refractivity contribution >= 4 is 34.4 Å². The minimum absolute atomic E-state index is 0.102. The van der Waals surface area contributed by atoms with Crippen LogP contribution in [0.5, 0.6) is 0 Å². The molecule has 1 aromatic carbocycles. The van der Waals surface area contributed by atoms with Gasteiger partial charge in [-0.05, 0) is 12.1 Å². The third-order valence-corrected chi connectivity index (χ3v) is 2.41. The summed E-state index contributed by atoms with van der Waals surface area (Å²) in [7, 11) is 1.67. The van der Waals surface area contributed by atoms with Crippen LogP contribution in [0.2, 0.25) is 5.15 Å². The molecule has 16 heavy (non-hydrogen) atoms. The number of rotatable bonds is 2. The summed E-state index contributed by atoms with van der Waals surface area (Å²) in [6, 6.07) is 4.78. The molecule has 1 aromatic heterocycles. The number of nitrogens with one attached hydrogen (secondary N) is 1. The van der Waals surface area contributed by atoms with Crippen molar-refractivity contribution in [3.05, 3.63) is 28.9 Å². The maximum absolute atomic E-state index is 11.0. The first-order valence-corrected chi connectivity index (χ1v) is 4.88. The normalized spacial score (nSPS) is 10.4. The summed E-state index contributed by atoms with van der Waals surface area (Å²) in [4.78, 5) is 19.1. The van der Waals surface area contributed by atoms with Crippen molar-refractivity contribution in [3.8, 4) is 0 Å². The van der Waals surface area contributed by atoms with Gasteiger partial charge in [-0.3, -0.25) is 0 Å². The fraction of sp³-hybridized carbons (Fsp3) is 0.100. The Morgan fingerprint density at radius 3 is 2.81 bits per heavy atom. The number of aromatic nitrogens is 2. The Morgan fingerprint density at radius 1 is 1.44 bits per heavy atom. The van der Waals surface area contributed by atoms with E-state index < -0.39 is 5.97 Å². The highest BCUT2D eigenvalue weighted by atomic mass is 35.5. The molecule has 0 saturated carbocycles. The molecular formula is C10H8ClN3O2. The summed E-state index contributed by atoms with van der Waals surface area (Å²) in [6.45, 7) is 0. The molecule has 0 spiro atoms. The summed E-state index contributed by atoms with van der Waals surface area (Å²) in [5, 5.41) is 12.2. The maximum atomic E-state index is 11.0. The summed E-state index contributed by atoms with van der Waals surface area (Å²) < 4.78 is 0. The fourth-order valence-corrected chi connectivity index (χ4v) is 1.71. The van der Waals surface area contributed by atoms with Crippen molar-refractivity contribution in [2.24, 2.45) is 0 Å². The van der Waals surface area contributed by atoms with Crippen molar-refractivity contribution < 1.29 is 9.90 Å². The van der Waals surface area contributed by atoms with Gasteiger partial charge >= 0.3 is 5.97 Å². The zero-order chi connectivity index (χ0) is 11.7. The molecule has 6 heteroatoms. The predicted molar refractivity (Wildman–Crippen MR) is 61.1 cm³/mol. The lowest BCUT2D eigenvalue weighted by Gasteiger charge is -2.05. The van der Waals surface area contributed by atoms with E-state index in [-0.39, 0.29) is 10.7 Å². The molecule has 0 saturated heterocycles. The van der Waals surface area contributed by atoms with Crippen LogP contribution in [-0.2, 0) is 0 Å². The predicted octanol–water partition coefficient (Wildman–Crippen LogP) is 2.02. The lowest BCUT2D eigenvalue weighted by molar-refractivity contribution is 0.0699. The first kappa shape index (κ1) is 10.6. The maximum Gasteiger partial charge on any atom is 0.336 e. The third kappa shape index (κ3) is 1.65. The molecule has 1 heterocycles. The van der Waals surface area contributed by atoms with E-state index >= 15 is 0 Å². The van der Waals surface area contributed by atoms with E-state index in [1.807, 2.05) is 0 Å². The highest BCUT2D eigenvalue weighted by Crippen LogP contribution is 2.25. The number of hydrogen-bond donors (Lipinski definition) is 2. The largest absolute Gasteiger partial charge is 0.478 e. The minimum atomic E-state index is -1.05. The van der Waals surface area contributed by atoms with E-state index in [9.17, 15) is 4.79 Å². The number of halogens is 1. The molecular weight excluding hydrogens is 230 g/mol. The number of carboxylic acid groups (broad SMARTS) is 1. The van der Waals surface area contributed by atoms with Gasteiger partial charge in [0.05, 0.1) is 16.5 Å². The van der Waals surface area contributed by atoms with E-state index in [2.05, 4.69) is 15.3 Å². The molecule has 0 atom stereocenters. The van der Waals surface area contributed by atoms with Gasteiger partial charge in [0.1, 0.15) is 5.15 Å². The topological polar surface area (TPSA) is 75.1 Å². The van der Waals surface area contributed by atoms with Gasteiger partial charge in [0, 0.05) is 7.05 Å². The number of benzene rings is 1. The number of aromatic carboxylic acids is 1. The third-order valence-electron chi connectivity index (χ3n) is 2.13. The van der Waals surface area contributed by atoms with Crippen molar-refractivity contribution in [1.82, 2.24) is 9.97 Å². The quantitative estimate of drug-likeness (QED) is 0.782. The molecule has 5 nitrogen and oxygen atoms in total. The number of carboxylic acids is 1. The zero-order valence-electron chi connectivity index (χ0n) is 8.36. The molecule has 0 unspecified atom stereocenters. The highest BCUT2D eigenvalue weighted by molar-refractivity contribution is 6.35. The van der Waals surface area contributed by atoms with E-state index in [0.717, 1.165) is 0 Å². The number of nitrogens with zero attached hydrogens (tertiary/aromatic N) is 2. The molecule has 0 radical (unpaired) electrons. The molecule has 0 aliphatic heterocycles. The molecule has 0 amide bonds. The van der Waals surface area contributed by atoms with Gasteiger partial charge in [-0.2, -0.15) is 0 Å². The van der Waals surface area contributed by atoms with Crippen molar-refractivity contribution in [2.45, 2.75) is 0 Å². The Balaban J connectivity index is 2.83. The highest BCUT2D eigenvalue weighted by Gasteiger charge is 2.13. The summed E-state index contributed by atoms with van der Waals surface area (Å²) in [6.07, 6.45) is 0. The van der Waals surface area contributed by atoms with Crippen LogP contribution in [-0.4, -0.2) is 28.1 Å². The lowest BCUT2D eigenvalue weighted by atomic mass is 10.1. The molecule has 0 aliphatic rings. The van der Waals surface area contributed by atoms with E-state index in [1.165, 1.54) is 6.07 Å². The second-order valence-corrected chi connectivity index (χ2v) is 3.45. The zero-order valence-corrected chi connectivity index (χ0v) is 9.12. The molecule has 0 aliphatic carbocycles. The number of anilines is 1. The first-order chi connectivity index (χ1) is 7.63. The Morgan fingerprint density at radius 2 is 2.19 bits per heavy atom. The number of fused-ring (bicyclic) bond motifs is 1. The van der Waals surface area contributed by atoms with Crippen LogP contribution >= 0.6 is 11.6 Å². The number of carbonyl (C=O) groups is 1. The van der Waals surface area contributed by atoms with Gasteiger partial charge in [-0.25, -0.2) is 14.8 Å². The molecule has 2 aromatic rings. The Labute approximate surface area is 96.1 Å². The molecule has 2 N–H and O–H groups in total. The van der Waals surface area contributed by atoms with Crippen LogP contribution in [0.1, 0.15) is 10.4 Å². The second-order valence-electron chi connectivity index (χ2n) is 3.09. The lowest BCUT2D eigenvalue weighted by Crippen LogP contribution is -2.02. The van der Waals surface area contributed by atoms with Gasteiger partial charge in [0.25, 0.3) is 0 Å². The van der Waals surface area contributed by atoms with E-state index in [4.69, 9.17) is 16.7 Å². The monoisotopic (exact) mass is 237 g/mol. The minimum Gasteiger partial charge on any atom is -0.478 e. The summed E-state index contributed by atoms with van der Waals surface area (Å²) in [5.41, 5.74) is 0.606. The van der Waals surface area contributed by atoms with Crippen LogP contribution in [0.15, 0.2) is 18.2 Å². The number of hydrogen-bond acceptors (Lipinski definition) is 4. The van der Waals surface area contributed by atoms with Crippen molar-refractivity contribution in [1.29, 1.82) is 0 Å². The second kappa shape index (κ2) is 3.94. The SMILES string of the molecule is CNc1nc(Cl)c2c(C(=O)O)cccc2n1. The Bertz CT molecular complexity index is 571. The fourth-order valence-electron chi connectivity index (χ4n) is 1.43. The van der Waals surface area contributed by atoms with Crippen LogP contribution in [0.4, 0.5) is 5.95 Å². The molecule has 2 rings (SSSR count). The molecule has 0 bridgehead atoms. The standard InChI is InChI=1S/C10H8ClN3O2/c1-12-10-13-6-4-2-3-5(9(15)16)7(6)8(11)14-10/h2-4H,1H3,(H,15,16)(H,12,13,14). The van der Waals surface area contributed by atoms with Crippen LogP contribution in [0, 0.1) is 0 Å². The smallest absolute Gasteiger partial charge is 0.336 e. The van der Waals surface area contributed by atoms with Crippen molar-refractivity contribution in [2.75, 3.05) is 12.4 Å². The Kier molecular flexibility index (Phi) is 2.62. The average molecular weight is 238 g/mol. The van der Waals surface area contributed by atoms with Crippen LogP contribution in [0.3, 0.4) is 0 Å². The van der Waals surface area contributed by atoms with Crippen LogP contribution < -0.4 is 5.32 Å². The first-order valence-electron chi connectivity index (χ1n) is 4.51. The van der Waals surface area contributed by atoms with Crippen molar-refractivity contribution in [3.63, 3.8) is 0 Å². The van der Waals surface area contributed by atoms with E-state index in [1.54, 1.807) is 19.2 Å². The van der Waals surface area contributed by atoms with Gasteiger partial charge in [-0.1, -0.05) is 17.7 Å². The van der Waals surface area contributed by atoms with E-state index in [0.29, 0.717) is 16.9 Å². The van der Waals surface area contributed by atoms with Gasteiger partial charge in [0.2, 0.25) is 5.95 Å². The molecule has 0 fully saturated rings. The van der Waals surface area contributed by atoms with Crippen LogP contribution in [0.25, 0.3) is 10.9 Å². The summed E-state index contributed by atoms with van der Waals surface area (Å²) in [5.74, 6) is -0.687. The Hall–Kier alpha value is -1.88. The summed E-state index contributed by atoms with van der Waals surface area (Å²) >= 11 is 5.94. The van der Waals surface area contributed by atoms with Gasteiger partial charge < -0.3 is 10.4 Å². The van der Waals surface area contributed by atoms with Gasteiger partial charge in [-0.15, -0.1) is 0 Å². The molecule has 82 valence electrons. The van der Waals surface area contributed by atoms with Gasteiger partial charge in [0.15, 0.2) is 0 Å².